The number of anilines is 1. The predicted octanol–water partition coefficient (Wildman–Crippen LogP) is 3.14. The van der Waals surface area contributed by atoms with Crippen molar-refractivity contribution >= 4 is 23.3 Å². The van der Waals surface area contributed by atoms with Crippen LogP contribution in [0.3, 0.4) is 0 Å². The van der Waals surface area contributed by atoms with E-state index in [-0.39, 0.29) is 12.3 Å². The Morgan fingerprint density at radius 1 is 1.38 bits per heavy atom. The lowest BCUT2D eigenvalue weighted by Crippen LogP contribution is -2.36. The zero-order valence-corrected chi connectivity index (χ0v) is 12.7. The van der Waals surface area contributed by atoms with E-state index in [0.29, 0.717) is 10.9 Å². The zero-order chi connectivity index (χ0) is 14.8. The number of halogens is 1. The van der Waals surface area contributed by atoms with Crippen LogP contribution in [-0.4, -0.2) is 37.4 Å². The summed E-state index contributed by atoms with van der Waals surface area (Å²) < 4.78 is 5.36. The molecular formula is C16H20ClNO3. The Morgan fingerprint density at radius 2 is 2.10 bits per heavy atom. The molecule has 2 aliphatic rings. The molecule has 1 saturated carbocycles. The molecule has 1 atom stereocenters. The number of carbonyl (C=O) groups is 1. The lowest BCUT2D eigenvalue weighted by Gasteiger charge is -2.30. The summed E-state index contributed by atoms with van der Waals surface area (Å²) >= 11 is 6.44. The molecule has 4 nitrogen and oxygen atoms in total. The number of carboxylic acid groups (broad SMARTS) is 1. The first-order valence-electron chi connectivity index (χ1n) is 7.49. The van der Waals surface area contributed by atoms with Crippen LogP contribution in [0.15, 0.2) is 18.2 Å². The Hall–Kier alpha value is -1.26. The molecule has 1 unspecified atom stereocenters. The van der Waals surface area contributed by atoms with Crippen molar-refractivity contribution in [3.8, 4) is 0 Å². The maximum absolute atomic E-state index is 11.1. The summed E-state index contributed by atoms with van der Waals surface area (Å²) in [7, 11) is 0. The van der Waals surface area contributed by atoms with Crippen molar-refractivity contribution in [3.63, 3.8) is 0 Å². The van der Waals surface area contributed by atoms with E-state index >= 15 is 0 Å². The van der Waals surface area contributed by atoms with Crippen molar-refractivity contribution < 1.29 is 14.6 Å². The molecule has 0 amide bonds. The Balaban J connectivity index is 1.80. The van der Waals surface area contributed by atoms with Crippen molar-refractivity contribution in [2.45, 2.75) is 25.2 Å². The number of rotatable bonds is 5. The zero-order valence-electron chi connectivity index (χ0n) is 11.9. The lowest BCUT2D eigenvalue weighted by molar-refractivity contribution is -0.137. The summed E-state index contributed by atoms with van der Waals surface area (Å²) in [4.78, 5) is 13.3. The molecule has 0 spiro atoms. The van der Waals surface area contributed by atoms with Gasteiger partial charge in [0.1, 0.15) is 0 Å². The highest BCUT2D eigenvalue weighted by Crippen LogP contribution is 2.45. The van der Waals surface area contributed by atoms with Gasteiger partial charge in [-0.25, -0.2) is 0 Å². The van der Waals surface area contributed by atoms with Crippen LogP contribution >= 0.6 is 11.6 Å². The summed E-state index contributed by atoms with van der Waals surface area (Å²) in [5.74, 6) is -0.134. The number of hydrogen-bond acceptors (Lipinski definition) is 3. The molecule has 0 bridgehead atoms. The topological polar surface area (TPSA) is 49.8 Å². The molecule has 21 heavy (non-hydrogen) atoms. The van der Waals surface area contributed by atoms with Gasteiger partial charge in [-0.15, -0.1) is 0 Å². The third kappa shape index (κ3) is 3.50. The van der Waals surface area contributed by atoms with Gasteiger partial charge in [-0.2, -0.15) is 0 Å². The third-order valence-corrected chi connectivity index (χ3v) is 4.64. The summed E-state index contributed by atoms with van der Waals surface area (Å²) in [5.41, 5.74) is 2.08. The van der Waals surface area contributed by atoms with Gasteiger partial charge >= 0.3 is 5.97 Å². The van der Waals surface area contributed by atoms with Gasteiger partial charge in [-0.05, 0) is 42.4 Å². The second-order valence-electron chi connectivity index (χ2n) is 5.85. The standard InChI is InChI=1S/C16H20ClNO3/c17-14-9-12(13(10-16(19)20)11-1-2-11)3-4-15(14)18-5-7-21-8-6-18/h3-4,9,11,13H,1-2,5-8,10H2,(H,19,20). The van der Waals surface area contributed by atoms with Gasteiger partial charge in [0.05, 0.1) is 30.3 Å². The molecule has 3 rings (SSSR count). The Bertz CT molecular complexity index is 524. The summed E-state index contributed by atoms with van der Waals surface area (Å²) in [6, 6.07) is 6.03. The molecule has 1 aromatic rings. The molecule has 2 fully saturated rings. The van der Waals surface area contributed by atoms with Crippen LogP contribution in [0.1, 0.15) is 30.7 Å². The van der Waals surface area contributed by atoms with E-state index in [1.165, 1.54) is 0 Å². The number of nitrogens with zero attached hydrogens (tertiary/aromatic N) is 1. The van der Waals surface area contributed by atoms with Crippen molar-refractivity contribution in [1.82, 2.24) is 0 Å². The molecule has 5 heteroatoms. The van der Waals surface area contributed by atoms with E-state index in [0.717, 1.165) is 50.4 Å². The first kappa shape index (κ1) is 14.7. The molecule has 1 aromatic carbocycles. The quantitative estimate of drug-likeness (QED) is 0.908. The van der Waals surface area contributed by atoms with Gasteiger partial charge in [-0.1, -0.05) is 17.7 Å². The molecule has 114 valence electrons. The lowest BCUT2D eigenvalue weighted by atomic mass is 9.91. The van der Waals surface area contributed by atoms with Crippen molar-refractivity contribution in [3.05, 3.63) is 28.8 Å². The van der Waals surface area contributed by atoms with Gasteiger partial charge in [0.25, 0.3) is 0 Å². The van der Waals surface area contributed by atoms with E-state index < -0.39 is 5.97 Å². The van der Waals surface area contributed by atoms with Crippen LogP contribution in [0.4, 0.5) is 5.69 Å². The third-order valence-electron chi connectivity index (χ3n) is 4.34. The second kappa shape index (κ2) is 6.24. The monoisotopic (exact) mass is 309 g/mol. The number of benzene rings is 1. The molecule has 0 radical (unpaired) electrons. The van der Waals surface area contributed by atoms with Crippen LogP contribution in [0.25, 0.3) is 0 Å². The van der Waals surface area contributed by atoms with E-state index in [2.05, 4.69) is 4.90 Å². The molecule has 1 aliphatic heterocycles. The Morgan fingerprint density at radius 3 is 2.67 bits per heavy atom. The Labute approximate surface area is 129 Å². The summed E-state index contributed by atoms with van der Waals surface area (Å²) in [6.45, 7) is 3.14. The Kier molecular flexibility index (Phi) is 4.36. The smallest absolute Gasteiger partial charge is 0.303 e. The fraction of sp³-hybridized carbons (Fsp3) is 0.562. The minimum absolute atomic E-state index is 0.0961. The van der Waals surface area contributed by atoms with Gasteiger partial charge in [0, 0.05) is 13.1 Å². The fourth-order valence-corrected chi connectivity index (χ4v) is 3.37. The minimum Gasteiger partial charge on any atom is -0.481 e. The maximum Gasteiger partial charge on any atom is 0.303 e. The second-order valence-corrected chi connectivity index (χ2v) is 6.26. The highest BCUT2D eigenvalue weighted by molar-refractivity contribution is 6.33. The molecule has 1 saturated heterocycles. The van der Waals surface area contributed by atoms with Crippen molar-refractivity contribution in [2.75, 3.05) is 31.2 Å². The van der Waals surface area contributed by atoms with E-state index in [4.69, 9.17) is 21.4 Å². The maximum atomic E-state index is 11.1. The molecule has 0 aromatic heterocycles. The first-order chi connectivity index (χ1) is 10.1. The van der Waals surface area contributed by atoms with Crippen molar-refractivity contribution in [1.29, 1.82) is 0 Å². The fourth-order valence-electron chi connectivity index (χ4n) is 3.06. The van der Waals surface area contributed by atoms with Gasteiger partial charge < -0.3 is 14.7 Å². The van der Waals surface area contributed by atoms with Gasteiger partial charge in [0.2, 0.25) is 0 Å². The normalized spacial score (nSPS) is 20.3. The molecule has 1 heterocycles. The van der Waals surface area contributed by atoms with Gasteiger partial charge in [-0.3, -0.25) is 4.79 Å². The highest BCUT2D eigenvalue weighted by atomic mass is 35.5. The molecule has 1 N–H and O–H groups in total. The van der Waals surface area contributed by atoms with E-state index in [1.807, 2.05) is 18.2 Å². The van der Waals surface area contributed by atoms with Crippen LogP contribution < -0.4 is 4.90 Å². The van der Waals surface area contributed by atoms with Crippen LogP contribution in [0.5, 0.6) is 0 Å². The number of hydrogen-bond donors (Lipinski definition) is 1. The first-order valence-corrected chi connectivity index (χ1v) is 7.87. The molecule has 1 aliphatic carbocycles. The highest BCUT2D eigenvalue weighted by Gasteiger charge is 2.34. The summed E-state index contributed by atoms with van der Waals surface area (Å²) in [6.07, 6.45) is 2.44. The molecular weight excluding hydrogens is 290 g/mol. The number of ether oxygens (including phenoxy) is 1. The SMILES string of the molecule is O=C(O)CC(c1ccc(N2CCOCC2)c(Cl)c1)C1CC1. The number of morpholine rings is 1. The average Bonchev–Trinajstić information content (AvgIpc) is 3.30. The van der Waals surface area contributed by atoms with E-state index in [9.17, 15) is 4.79 Å². The van der Waals surface area contributed by atoms with Crippen LogP contribution in [-0.2, 0) is 9.53 Å². The van der Waals surface area contributed by atoms with Gasteiger partial charge in [0.15, 0.2) is 0 Å². The largest absolute Gasteiger partial charge is 0.481 e. The predicted molar refractivity (Wildman–Crippen MR) is 82.2 cm³/mol. The average molecular weight is 310 g/mol. The summed E-state index contributed by atoms with van der Waals surface area (Å²) in [5, 5.41) is 9.81. The number of carboxylic acids is 1. The minimum atomic E-state index is -0.736. The van der Waals surface area contributed by atoms with Crippen LogP contribution in [0.2, 0.25) is 5.02 Å². The number of aliphatic carboxylic acids is 1. The van der Waals surface area contributed by atoms with Crippen molar-refractivity contribution in [2.24, 2.45) is 5.92 Å². The van der Waals surface area contributed by atoms with Crippen LogP contribution in [0, 0.1) is 5.92 Å². The van der Waals surface area contributed by atoms with E-state index in [1.54, 1.807) is 0 Å².